The summed E-state index contributed by atoms with van der Waals surface area (Å²) in [5, 5.41) is 13.0. The largest absolute Gasteiger partial charge is 0.323 e. The van der Waals surface area contributed by atoms with Crippen LogP contribution in [0.2, 0.25) is 0 Å². The zero-order chi connectivity index (χ0) is 21.4. The molecule has 0 amide bonds. The van der Waals surface area contributed by atoms with Crippen molar-refractivity contribution >= 4 is 17.4 Å². The second-order valence-corrected chi connectivity index (χ2v) is 8.14. The number of nitrogens with zero attached hydrogens (tertiary/aromatic N) is 4. The number of carbonyl (C=O) groups is 1. The molecule has 3 aromatic rings. The van der Waals surface area contributed by atoms with E-state index in [4.69, 9.17) is 4.98 Å². The number of aryl methyl sites for hydroxylation is 1. The summed E-state index contributed by atoms with van der Waals surface area (Å²) < 4.78 is 0. The standard InChI is InChI=1S/C25H21N5O/c1-16-21-10-9-17-14-28-24(29-20-8-5-11-27-15-20)30-23(17)25(21,12-18(13-26)22(16)31)19-6-3-2-4-7-19/h2-8,11-12,14-16,21H,9-10H2,1H3,(H,28,29,30)/t16-,21-,25+/m0/s1. The van der Waals surface area contributed by atoms with Crippen LogP contribution < -0.4 is 5.32 Å². The minimum Gasteiger partial charge on any atom is -0.323 e. The Morgan fingerprint density at radius 3 is 2.74 bits per heavy atom. The fourth-order valence-electron chi connectivity index (χ4n) is 5.07. The molecule has 0 bridgehead atoms. The van der Waals surface area contributed by atoms with Gasteiger partial charge in [-0.3, -0.25) is 9.78 Å². The maximum Gasteiger partial charge on any atom is 0.227 e. The van der Waals surface area contributed by atoms with Crippen molar-refractivity contribution in [3.05, 3.63) is 89.5 Å². The van der Waals surface area contributed by atoms with Gasteiger partial charge in [-0.15, -0.1) is 0 Å². The lowest BCUT2D eigenvalue weighted by atomic mass is 9.54. The lowest BCUT2D eigenvalue weighted by molar-refractivity contribution is -0.121. The van der Waals surface area contributed by atoms with Crippen molar-refractivity contribution in [2.45, 2.75) is 25.2 Å². The highest BCUT2D eigenvalue weighted by Crippen LogP contribution is 2.53. The van der Waals surface area contributed by atoms with Gasteiger partial charge >= 0.3 is 0 Å². The van der Waals surface area contributed by atoms with Gasteiger partial charge in [0.25, 0.3) is 0 Å². The normalized spacial score (nSPS) is 24.4. The SMILES string of the molecule is C[C@@H]1C(=O)C(C#N)=C[C@]2(c3ccccc3)c3nc(Nc4cccnc4)ncc3CC[C@@H]12. The molecule has 0 saturated heterocycles. The molecule has 0 unspecified atom stereocenters. The molecule has 0 saturated carbocycles. The van der Waals surface area contributed by atoms with Crippen molar-refractivity contribution in [1.29, 1.82) is 5.26 Å². The summed E-state index contributed by atoms with van der Waals surface area (Å²) in [6.07, 6.45) is 8.78. The molecule has 2 heterocycles. The number of carbonyl (C=O) groups excluding carboxylic acids is 1. The second-order valence-electron chi connectivity index (χ2n) is 8.14. The van der Waals surface area contributed by atoms with Crippen LogP contribution in [0.5, 0.6) is 0 Å². The number of hydrogen-bond donors (Lipinski definition) is 1. The molecule has 3 atom stereocenters. The van der Waals surface area contributed by atoms with E-state index in [2.05, 4.69) is 33.5 Å². The first kappa shape index (κ1) is 19.1. The van der Waals surface area contributed by atoms with Gasteiger partial charge in [-0.2, -0.15) is 5.26 Å². The number of nitriles is 1. The predicted molar refractivity (Wildman–Crippen MR) is 116 cm³/mol. The fraction of sp³-hybridized carbons (Fsp3) is 0.240. The lowest BCUT2D eigenvalue weighted by Gasteiger charge is -2.47. The van der Waals surface area contributed by atoms with E-state index in [1.54, 1.807) is 12.4 Å². The monoisotopic (exact) mass is 407 g/mol. The van der Waals surface area contributed by atoms with Crippen LogP contribution >= 0.6 is 0 Å². The summed E-state index contributed by atoms with van der Waals surface area (Å²) in [6.45, 7) is 1.94. The van der Waals surface area contributed by atoms with Crippen LogP contribution in [0.15, 0.2) is 72.7 Å². The third-order valence-corrected chi connectivity index (χ3v) is 6.51. The lowest BCUT2D eigenvalue weighted by Crippen LogP contribution is -2.48. The molecule has 152 valence electrons. The average Bonchev–Trinajstić information content (AvgIpc) is 2.82. The molecule has 0 aliphatic heterocycles. The van der Waals surface area contributed by atoms with Gasteiger partial charge in [-0.25, -0.2) is 9.97 Å². The third kappa shape index (κ3) is 3.01. The Bertz CT molecular complexity index is 1220. The maximum atomic E-state index is 12.9. The van der Waals surface area contributed by atoms with Crippen LogP contribution in [0, 0.1) is 23.2 Å². The van der Waals surface area contributed by atoms with E-state index in [0.29, 0.717) is 5.95 Å². The van der Waals surface area contributed by atoms with Gasteiger partial charge in [0.2, 0.25) is 5.95 Å². The zero-order valence-corrected chi connectivity index (χ0v) is 17.1. The Labute approximate surface area is 180 Å². The summed E-state index contributed by atoms with van der Waals surface area (Å²) >= 11 is 0. The number of hydrogen-bond acceptors (Lipinski definition) is 6. The first-order valence-corrected chi connectivity index (χ1v) is 10.4. The molecule has 2 aliphatic rings. The maximum absolute atomic E-state index is 12.9. The van der Waals surface area contributed by atoms with Gasteiger partial charge < -0.3 is 5.32 Å². The van der Waals surface area contributed by atoms with E-state index in [9.17, 15) is 10.1 Å². The average molecular weight is 407 g/mol. The number of anilines is 2. The zero-order valence-electron chi connectivity index (χ0n) is 17.1. The molecule has 0 radical (unpaired) electrons. The van der Waals surface area contributed by atoms with E-state index >= 15 is 0 Å². The minimum absolute atomic E-state index is 0.0214. The van der Waals surface area contributed by atoms with Gasteiger partial charge in [0.1, 0.15) is 6.07 Å². The molecule has 0 spiro atoms. The molecule has 6 nitrogen and oxygen atoms in total. The quantitative estimate of drug-likeness (QED) is 0.702. The van der Waals surface area contributed by atoms with Crippen LogP contribution in [-0.2, 0) is 16.6 Å². The van der Waals surface area contributed by atoms with E-state index in [0.717, 1.165) is 35.3 Å². The number of aromatic nitrogens is 3. The second kappa shape index (κ2) is 7.44. The van der Waals surface area contributed by atoms with Crippen LogP contribution in [0.4, 0.5) is 11.6 Å². The molecule has 1 N–H and O–H groups in total. The number of fused-ring (bicyclic) bond motifs is 3. The molecule has 31 heavy (non-hydrogen) atoms. The van der Waals surface area contributed by atoms with Crippen molar-refractivity contribution < 1.29 is 4.79 Å². The predicted octanol–water partition coefficient (Wildman–Crippen LogP) is 4.13. The first-order chi connectivity index (χ1) is 15.1. The minimum atomic E-state index is -0.651. The highest BCUT2D eigenvalue weighted by molar-refractivity contribution is 6.02. The Kier molecular flexibility index (Phi) is 4.59. The molecular formula is C25H21N5O. The van der Waals surface area contributed by atoms with Gasteiger partial charge in [0.05, 0.1) is 28.6 Å². The molecule has 1 aromatic carbocycles. The number of nitrogens with one attached hydrogen (secondary N) is 1. The summed E-state index contributed by atoms with van der Waals surface area (Å²) in [5.41, 5.74) is 3.31. The molecule has 2 aliphatic carbocycles. The topological polar surface area (TPSA) is 91.6 Å². The van der Waals surface area contributed by atoms with Gasteiger partial charge in [-0.05, 0) is 48.1 Å². The van der Waals surface area contributed by atoms with E-state index < -0.39 is 5.41 Å². The van der Waals surface area contributed by atoms with Gasteiger partial charge in [-0.1, -0.05) is 37.3 Å². The summed E-state index contributed by atoms with van der Waals surface area (Å²) in [4.78, 5) is 26.5. The number of pyridine rings is 1. The Morgan fingerprint density at radius 2 is 2.00 bits per heavy atom. The Morgan fingerprint density at radius 1 is 1.16 bits per heavy atom. The molecule has 0 fully saturated rings. The molecular weight excluding hydrogens is 386 g/mol. The molecule has 6 heteroatoms. The smallest absolute Gasteiger partial charge is 0.227 e. The van der Waals surface area contributed by atoms with Crippen molar-refractivity contribution in [2.24, 2.45) is 11.8 Å². The van der Waals surface area contributed by atoms with Crippen molar-refractivity contribution in [2.75, 3.05) is 5.32 Å². The van der Waals surface area contributed by atoms with Gasteiger partial charge in [0, 0.05) is 18.3 Å². The number of allylic oxidation sites excluding steroid dienone is 2. The van der Waals surface area contributed by atoms with Gasteiger partial charge in [0.15, 0.2) is 5.78 Å². The highest BCUT2D eigenvalue weighted by atomic mass is 16.1. The third-order valence-electron chi connectivity index (χ3n) is 6.51. The fourth-order valence-corrected chi connectivity index (χ4v) is 5.07. The van der Waals surface area contributed by atoms with Crippen molar-refractivity contribution in [1.82, 2.24) is 15.0 Å². The first-order valence-electron chi connectivity index (χ1n) is 10.4. The Hall–Kier alpha value is -3.85. The molecule has 2 aromatic heterocycles. The van der Waals surface area contributed by atoms with Crippen molar-refractivity contribution in [3.8, 4) is 6.07 Å². The van der Waals surface area contributed by atoms with Crippen LogP contribution in [0.1, 0.15) is 30.2 Å². The summed E-state index contributed by atoms with van der Waals surface area (Å²) in [6, 6.07) is 16.0. The number of ketones is 1. The molecule has 5 rings (SSSR count). The highest BCUT2D eigenvalue weighted by Gasteiger charge is 2.52. The van der Waals surface area contributed by atoms with E-state index in [1.807, 2.05) is 49.5 Å². The van der Waals surface area contributed by atoms with Crippen LogP contribution in [0.25, 0.3) is 0 Å². The van der Waals surface area contributed by atoms with E-state index in [-0.39, 0.29) is 23.2 Å². The van der Waals surface area contributed by atoms with Crippen molar-refractivity contribution in [3.63, 3.8) is 0 Å². The number of benzene rings is 1. The number of rotatable bonds is 3. The van der Waals surface area contributed by atoms with Crippen LogP contribution in [-0.4, -0.2) is 20.7 Å². The summed E-state index contributed by atoms with van der Waals surface area (Å²) in [5.74, 6) is 0.148. The van der Waals surface area contributed by atoms with E-state index in [1.165, 1.54) is 0 Å². The van der Waals surface area contributed by atoms with Crippen LogP contribution in [0.3, 0.4) is 0 Å². The Balaban J connectivity index is 1.74. The number of Topliss-reactive ketones (excluding diaryl/α,β-unsaturated/α-hetero) is 1. The summed E-state index contributed by atoms with van der Waals surface area (Å²) in [7, 11) is 0.